The van der Waals surface area contributed by atoms with Crippen molar-refractivity contribution in [2.24, 2.45) is 11.3 Å². The maximum absolute atomic E-state index is 11.8. The molecule has 2 rings (SSSR count). The van der Waals surface area contributed by atoms with Crippen molar-refractivity contribution in [2.45, 2.75) is 89.9 Å². The summed E-state index contributed by atoms with van der Waals surface area (Å²) in [6.45, 7) is 6.34. The zero-order valence-electron chi connectivity index (χ0n) is 13.6. The molecule has 0 bridgehead atoms. The molecule has 0 aromatic carbocycles. The van der Waals surface area contributed by atoms with Crippen molar-refractivity contribution in [1.82, 2.24) is 0 Å². The van der Waals surface area contributed by atoms with Crippen molar-refractivity contribution in [2.75, 3.05) is 0 Å². The molecule has 0 radical (unpaired) electrons. The minimum atomic E-state index is -1.000. The van der Waals surface area contributed by atoms with Gasteiger partial charge in [-0.3, -0.25) is 0 Å². The third-order valence-electron chi connectivity index (χ3n) is 5.12. The average Bonchev–Trinajstić information content (AvgIpc) is 2.84. The lowest BCUT2D eigenvalue weighted by atomic mass is 9.73. The molecule has 0 heterocycles. The number of carboxylic acid groups (broad SMARTS) is 1. The summed E-state index contributed by atoms with van der Waals surface area (Å²) in [6.07, 6.45) is 6.33. The van der Waals surface area contributed by atoms with Crippen LogP contribution in [0.4, 0.5) is 0 Å². The first-order valence-corrected chi connectivity index (χ1v) is 8.34. The van der Waals surface area contributed by atoms with Crippen molar-refractivity contribution in [3.05, 3.63) is 0 Å². The molecule has 0 saturated heterocycles. The Morgan fingerprint density at radius 2 is 1.81 bits per heavy atom. The monoisotopic (exact) mass is 298 g/mol. The Morgan fingerprint density at radius 3 is 2.29 bits per heavy atom. The van der Waals surface area contributed by atoms with E-state index in [-0.39, 0.29) is 23.5 Å². The largest absolute Gasteiger partial charge is 0.479 e. The quantitative estimate of drug-likeness (QED) is 0.835. The fraction of sp³-hybridized carbons (Fsp3) is 0.941. The van der Waals surface area contributed by atoms with E-state index in [0.717, 1.165) is 38.5 Å². The van der Waals surface area contributed by atoms with E-state index in [1.54, 1.807) is 0 Å². The second-order valence-electron chi connectivity index (χ2n) is 7.99. The van der Waals surface area contributed by atoms with Crippen molar-refractivity contribution in [3.8, 4) is 0 Å². The number of rotatable bonds is 4. The van der Waals surface area contributed by atoms with Gasteiger partial charge in [-0.2, -0.15) is 0 Å². The molecule has 0 aromatic heterocycles. The van der Waals surface area contributed by atoms with E-state index in [4.69, 9.17) is 4.74 Å². The lowest BCUT2D eigenvalue weighted by molar-refractivity contribution is -0.192. The Kier molecular flexibility index (Phi) is 4.99. The average molecular weight is 298 g/mol. The van der Waals surface area contributed by atoms with Gasteiger partial charge in [0.15, 0.2) is 5.60 Å². The predicted octanol–water partition coefficient (Wildman–Crippen LogP) is 3.37. The molecule has 2 saturated carbocycles. The lowest BCUT2D eigenvalue weighted by Crippen LogP contribution is -2.49. The summed E-state index contributed by atoms with van der Waals surface area (Å²) < 4.78 is 6.30. The van der Waals surface area contributed by atoms with Crippen LogP contribution >= 0.6 is 0 Å². The van der Waals surface area contributed by atoms with Crippen LogP contribution in [0.1, 0.15) is 72.1 Å². The molecule has 3 atom stereocenters. The Bertz CT molecular complexity index is 365. The van der Waals surface area contributed by atoms with Crippen LogP contribution in [0.15, 0.2) is 0 Å². The van der Waals surface area contributed by atoms with Crippen LogP contribution in [0.5, 0.6) is 0 Å². The molecule has 0 aromatic rings. The van der Waals surface area contributed by atoms with Gasteiger partial charge in [0.25, 0.3) is 0 Å². The summed E-state index contributed by atoms with van der Waals surface area (Å²) in [7, 11) is 0. The van der Waals surface area contributed by atoms with Crippen LogP contribution in [-0.2, 0) is 9.53 Å². The highest BCUT2D eigenvalue weighted by atomic mass is 16.5. The zero-order valence-corrected chi connectivity index (χ0v) is 13.6. The highest BCUT2D eigenvalue weighted by Crippen LogP contribution is 2.43. The first kappa shape index (κ1) is 16.8. The van der Waals surface area contributed by atoms with Gasteiger partial charge in [0.05, 0.1) is 12.2 Å². The molecule has 0 spiro atoms. The fourth-order valence-electron chi connectivity index (χ4n) is 4.03. The molecule has 2 aliphatic carbocycles. The Morgan fingerprint density at radius 1 is 1.19 bits per heavy atom. The van der Waals surface area contributed by atoms with Crippen LogP contribution < -0.4 is 0 Å². The molecule has 4 heteroatoms. The standard InChI is InChI=1S/C17H30O4/c1-16(2,3)14(12-7-6-8-13(18)11-12)21-17(15(19)20)9-4-5-10-17/h12-14,18H,4-11H2,1-3H3,(H,19,20). The van der Waals surface area contributed by atoms with Crippen LogP contribution in [0, 0.1) is 11.3 Å². The van der Waals surface area contributed by atoms with E-state index in [1.807, 2.05) is 0 Å². The number of aliphatic hydroxyl groups is 1. The summed E-state index contributed by atoms with van der Waals surface area (Å²) >= 11 is 0. The first-order chi connectivity index (χ1) is 9.74. The smallest absolute Gasteiger partial charge is 0.335 e. The second kappa shape index (κ2) is 6.25. The summed E-state index contributed by atoms with van der Waals surface area (Å²) in [6, 6.07) is 0. The topological polar surface area (TPSA) is 66.8 Å². The Labute approximate surface area is 127 Å². The zero-order chi connectivity index (χ0) is 15.7. The van der Waals surface area contributed by atoms with E-state index < -0.39 is 11.6 Å². The van der Waals surface area contributed by atoms with E-state index in [1.165, 1.54) is 0 Å². The fourth-order valence-corrected chi connectivity index (χ4v) is 4.03. The lowest BCUT2D eigenvalue weighted by Gasteiger charge is -2.43. The van der Waals surface area contributed by atoms with E-state index in [9.17, 15) is 15.0 Å². The molecule has 2 fully saturated rings. The number of aliphatic hydroxyl groups excluding tert-OH is 1. The minimum Gasteiger partial charge on any atom is -0.479 e. The second-order valence-corrected chi connectivity index (χ2v) is 7.99. The van der Waals surface area contributed by atoms with Crippen molar-refractivity contribution in [1.29, 1.82) is 0 Å². The summed E-state index contributed by atoms with van der Waals surface area (Å²) in [5, 5.41) is 19.6. The van der Waals surface area contributed by atoms with Crippen molar-refractivity contribution in [3.63, 3.8) is 0 Å². The molecular weight excluding hydrogens is 268 g/mol. The molecular formula is C17H30O4. The predicted molar refractivity (Wildman–Crippen MR) is 81.1 cm³/mol. The number of hydrogen-bond donors (Lipinski definition) is 2. The van der Waals surface area contributed by atoms with Gasteiger partial charge in [-0.1, -0.05) is 27.2 Å². The Hall–Kier alpha value is -0.610. The highest BCUT2D eigenvalue weighted by Gasteiger charge is 2.48. The highest BCUT2D eigenvalue weighted by molar-refractivity contribution is 5.77. The van der Waals surface area contributed by atoms with Crippen LogP contribution in [0.2, 0.25) is 0 Å². The molecule has 4 nitrogen and oxygen atoms in total. The molecule has 0 amide bonds. The maximum atomic E-state index is 11.8. The van der Waals surface area contributed by atoms with Gasteiger partial charge in [-0.15, -0.1) is 0 Å². The van der Waals surface area contributed by atoms with E-state index in [0.29, 0.717) is 12.8 Å². The van der Waals surface area contributed by atoms with Crippen molar-refractivity contribution < 1.29 is 19.7 Å². The van der Waals surface area contributed by atoms with Gasteiger partial charge in [-0.05, 0) is 56.3 Å². The van der Waals surface area contributed by atoms with E-state index in [2.05, 4.69) is 20.8 Å². The summed E-state index contributed by atoms with van der Waals surface area (Å²) in [5.74, 6) is -0.559. The number of carboxylic acids is 1. The molecule has 0 aliphatic heterocycles. The molecule has 122 valence electrons. The van der Waals surface area contributed by atoms with Gasteiger partial charge in [0.1, 0.15) is 0 Å². The number of ether oxygens (including phenoxy) is 1. The third-order valence-corrected chi connectivity index (χ3v) is 5.12. The van der Waals surface area contributed by atoms with Gasteiger partial charge in [0.2, 0.25) is 0 Å². The Balaban J connectivity index is 2.18. The number of aliphatic carboxylic acids is 1. The summed E-state index contributed by atoms with van der Waals surface area (Å²) in [5.41, 5.74) is -1.12. The first-order valence-electron chi connectivity index (χ1n) is 8.34. The van der Waals surface area contributed by atoms with Crippen LogP contribution in [0.25, 0.3) is 0 Å². The van der Waals surface area contributed by atoms with Gasteiger partial charge >= 0.3 is 5.97 Å². The summed E-state index contributed by atoms with van der Waals surface area (Å²) in [4.78, 5) is 11.8. The molecule has 2 aliphatic rings. The number of carbonyl (C=O) groups is 1. The van der Waals surface area contributed by atoms with Crippen LogP contribution in [-0.4, -0.2) is 34.0 Å². The minimum absolute atomic E-state index is 0.110. The van der Waals surface area contributed by atoms with Gasteiger partial charge < -0.3 is 14.9 Å². The third kappa shape index (κ3) is 3.78. The SMILES string of the molecule is CC(C)(C)C(OC1(C(=O)O)CCCC1)C1CCCC(O)C1. The van der Waals surface area contributed by atoms with Crippen molar-refractivity contribution >= 4 is 5.97 Å². The molecule has 3 unspecified atom stereocenters. The normalized spacial score (nSPS) is 31.0. The van der Waals surface area contributed by atoms with Gasteiger partial charge in [-0.25, -0.2) is 4.79 Å². The van der Waals surface area contributed by atoms with E-state index >= 15 is 0 Å². The van der Waals surface area contributed by atoms with Crippen LogP contribution in [0.3, 0.4) is 0 Å². The maximum Gasteiger partial charge on any atom is 0.335 e. The molecule has 2 N–H and O–H groups in total. The number of hydrogen-bond acceptors (Lipinski definition) is 3. The molecule has 21 heavy (non-hydrogen) atoms. The van der Waals surface area contributed by atoms with Gasteiger partial charge in [0, 0.05) is 0 Å².